The number of carbonyl (C=O) groups is 1. The maximum absolute atomic E-state index is 11.0. The first-order valence-electron chi connectivity index (χ1n) is 5.26. The summed E-state index contributed by atoms with van der Waals surface area (Å²) < 4.78 is 5.52. The summed E-state index contributed by atoms with van der Waals surface area (Å²) in [5.41, 5.74) is 0.951. The summed E-state index contributed by atoms with van der Waals surface area (Å²) in [6, 6.07) is 16.2. The molecule has 17 heavy (non-hydrogen) atoms. The Morgan fingerprint density at radius 3 is 2.35 bits per heavy atom. The van der Waals surface area contributed by atoms with E-state index in [-0.39, 0.29) is 12.2 Å². The molecule has 0 saturated heterocycles. The van der Waals surface area contributed by atoms with Crippen molar-refractivity contribution in [3.8, 4) is 5.75 Å². The monoisotopic (exact) mass is 228 g/mol. The van der Waals surface area contributed by atoms with Crippen molar-refractivity contribution in [1.82, 2.24) is 0 Å². The molecule has 0 bridgehead atoms. The number of ether oxygens (including phenoxy) is 1. The summed E-state index contributed by atoms with van der Waals surface area (Å²) in [7, 11) is 0. The summed E-state index contributed by atoms with van der Waals surface area (Å²) in [5, 5.41) is 9.01. The molecule has 0 aliphatic rings. The number of carboxylic acid groups (broad SMARTS) is 1. The number of benzene rings is 2. The molecule has 1 N–H and O–H groups in total. The van der Waals surface area contributed by atoms with Gasteiger partial charge in [0.15, 0.2) is 0 Å². The van der Waals surface area contributed by atoms with Crippen LogP contribution < -0.4 is 4.74 Å². The summed E-state index contributed by atoms with van der Waals surface area (Å²) in [6.45, 7) is 0.256. The lowest BCUT2D eigenvalue weighted by molar-refractivity contribution is 0.0694. The van der Waals surface area contributed by atoms with E-state index in [0.29, 0.717) is 5.56 Å². The minimum absolute atomic E-state index is 0.256. The molecule has 3 nitrogen and oxygen atoms in total. The predicted molar refractivity (Wildman–Crippen MR) is 64.2 cm³/mol. The first-order valence-corrected chi connectivity index (χ1v) is 5.26. The van der Waals surface area contributed by atoms with E-state index in [2.05, 4.69) is 0 Å². The second-order valence-corrected chi connectivity index (χ2v) is 3.56. The minimum Gasteiger partial charge on any atom is -0.489 e. The van der Waals surface area contributed by atoms with E-state index in [1.165, 1.54) is 0 Å². The van der Waals surface area contributed by atoms with Crippen molar-refractivity contribution >= 4 is 5.97 Å². The van der Waals surface area contributed by atoms with Gasteiger partial charge in [0.05, 0.1) is 5.56 Å². The summed E-state index contributed by atoms with van der Waals surface area (Å²) in [6.07, 6.45) is 0. The highest BCUT2D eigenvalue weighted by Crippen LogP contribution is 2.14. The summed E-state index contributed by atoms with van der Waals surface area (Å²) in [5.74, 6) is -0.204. The smallest absolute Gasteiger partial charge is 0.336 e. The fourth-order valence-corrected chi connectivity index (χ4v) is 1.53. The largest absolute Gasteiger partial charge is 0.489 e. The first-order chi connectivity index (χ1) is 8.27. The quantitative estimate of drug-likeness (QED) is 0.875. The van der Waals surface area contributed by atoms with Crippen molar-refractivity contribution in [1.29, 1.82) is 0 Å². The third-order valence-corrected chi connectivity index (χ3v) is 2.39. The third-order valence-electron chi connectivity index (χ3n) is 2.39. The van der Waals surface area contributed by atoms with Crippen molar-refractivity contribution in [2.24, 2.45) is 0 Å². The van der Waals surface area contributed by atoms with Gasteiger partial charge in [0, 0.05) is 5.56 Å². The lowest BCUT2D eigenvalue weighted by Gasteiger charge is -2.08. The van der Waals surface area contributed by atoms with Crippen LogP contribution in [0.5, 0.6) is 5.75 Å². The normalized spacial score (nSPS) is 9.88. The van der Waals surface area contributed by atoms with Gasteiger partial charge in [-0.15, -0.1) is 0 Å². The molecular weight excluding hydrogens is 216 g/mol. The van der Waals surface area contributed by atoms with Crippen molar-refractivity contribution in [3.63, 3.8) is 0 Å². The average molecular weight is 228 g/mol. The number of aromatic carboxylic acids is 1. The fraction of sp³-hybridized carbons (Fsp3) is 0.0714. The van der Waals surface area contributed by atoms with E-state index in [9.17, 15) is 4.79 Å². The molecule has 0 unspecified atom stereocenters. The standard InChI is InChI=1S/C14H12O3/c15-14(16)13-9-5-4-6-11(13)10-17-12-7-2-1-3-8-12/h1-9H,10H2,(H,15,16). The molecule has 0 saturated carbocycles. The van der Waals surface area contributed by atoms with Gasteiger partial charge in [-0.3, -0.25) is 0 Å². The van der Waals surface area contributed by atoms with Gasteiger partial charge >= 0.3 is 5.97 Å². The Hall–Kier alpha value is -2.29. The summed E-state index contributed by atoms with van der Waals surface area (Å²) in [4.78, 5) is 11.0. The van der Waals surface area contributed by atoms with Crippen molar-refractivity contribution in [2.75, 3.05) is 0 Å². The number of carboxylic acids is 1. The lowest BCUT2D eigenvalue weighted by atomic mass is 10.1. The van der Waals surface area contributed by atoms with Crippen molar-refractivity contribution < 1.29 is 14.6 Å². The van der Waals surface area contributed by atoms with Gasteiger partial charge in [-0.25, -0.2) is 4.79 Å². The van der Waals surface area contributed by atoms with E-state index in [1.54, 1.807) is 24.3 Å². The summed E-state index contributed by atoms with van der Waals surface area (Å²) >= 11 is 0. The van der Waals surface area contributed by atoms with Crippen molar-refractivity contribution in [3.05, 3.63) is 65.7 Å². The predicted octanol–water partition coefficient (Wildman–Crippen LogP) is 2.96. The van der Waals surface area contributed by atoms with E-state index >= 15 is 0 Å². The van der Waals surface area contributed by atoms with E-state index in [0.717, 1.165) is 5.75 Å². The number of rotatable bonds is 4. The van der Waals surface area contributed by atoms with E-state index in [4.69, 9.17) is 9.84 Å². The Morgan fingerprint density at radius 1 is 1.00 bits per heavy atom. The molecule has 3 heteroatoms. The van der Waals surface area contributed by atoms with Gasteiger partial charge in [0.2, 0.25) is 0 Å². The van der Waals surface area contributed by atoms with Gasteiger partial charge in [0.25, 0.3) is 0 Å². The first kappa shape index (κ1) is 11.2. The molecule has 0 atom stereocenters. The second kappa shape index (κ2) is 5.16. The maximum atomic E-state index is 11.0. The Bertz CT molecular complexity index is 506. The average Bonchev–Trinajstić information content (AvgIpc) is 2.38. The zero-order chi connectivity index (χ0) is 12.1. The zero-order valence-corrected chi connectivity index (χ0v) is 9.17. The number of hydrogen-bond donors (Lipinski definition) is 1. The zero-order valence-electron chi connectivity index (χ0n) is 9.17. The second-order valence-electron chi connectivity index (χ2n) is 3.56. The molecule has 0 aromatic heterocycles. The van der Waals surface area contributed by atoms with Gasteiger partial charge in [-0.05, 0) is 18.2 Å². The molecule has 0 aliphatic heterocycles. The van der Waals surface area contributed by atoms with Crippen LogP contribution in [0.25, 0.3) is 0 Å². The Balaban J connectivity index is 2.12. The van der Waals surface area contributed by atoms with Crippen LogP contribution in [-0.2, 0) is 6.61 Å². The number of para-hydroxylation sites is 1. The highest BCUT2D eigenvalue weighted by Gasteiger charge is 2.08. The Kier molecular flexibility index (Phi) is 3.40. The molecule has 0 fully saturated rings. The van der Waals surface area contributed by atoms with Crippen LogP contribution in [0.2, 0.25) is 0 Å². The molecule has 2 aromatic rings. The SMILES string of the molecule is O=C(O)c1ccccc1COc1ccccc1. The van der Waals surface area contributed by atoms with Crippen LogP contribution in [0.15, 0.2) is 54.6 Å². The Morgan fingerprint density at radius 2 is 1.65 bits per heavy atom. The van der Waals surface area contributed by atoms with E-state index in [1.807, 2.05) is 30.3 Å². The molecule has 2 rings (SSSR count). The molecular formula is C14H12O3. The highest BCUT2D eigenvalue weighted by atomic mass is 16.5. The van der Waals surface area contributed by atoms with Crippen LogP contribution >= 0.6 is 0 Å². The minimum atomic E-state index is -0.933. The van der Waals surface area contributed by atoms with Gasteiger partial charge in [-0.2, -0.15) is 0 Å². The van der Waals surface area contributed by atoms with Crippen LogP contribution in [0, 0.1) is 0 Å². The maximum Gasteiger partial charge on any atom is 0.336 e. The van der Waals surface area contributed by atoms with Crippen LogP contribution in [0.4, 0.5) is 0 Å². The van der Waals surface area contributed by atoms with E-state index < -0.39 is 5.97 Å². The molecule has 0 radical (unpaired) electrons. The van der Waals surface area contributed by atoms with Crippen molar-refractivity contribution in [2.45, 2.75) is 6.61 Å². The van der Waals surface area contributed by atoms with Crippen LogP contribution in [-0.4, -0.2) is 11.1 Å². The highest BCUT2D eigenvalue weighted by molar-refractivity contribution is 5.89. The van der Waals surface area contributed by atoms with Gasteiger partial charge < -0.3 is 9.84 Å². The molecule has 2 aromatic carbocycles. The molecule has 0 aliphatic carbocycles. The fourth-order valence-electron chi connectivity index (χ4n) is 1.53. The molecule has 86 valence electrons. The lowest BCUT2D eigenvalue weighted by Crippen LogP contribution is -2.05. The van der Waals surface area contributed by atoms with Crippen LogP contribution in [0.1, 0.15) is 15.9 Å². The topological polar surface area (TPSA) is 46.5 Å². The van der Waals surface area contributed by atoms with Gasteiger partial charge in [0.1, 0.15) is 12.4 Å². The van der Waals surface area contributed by atoms with Crippen LogP contribution in [0.3, 0.4) is 0 Å². The number of hydrogen-bond acceptors (Lipinski definition) is 2. The molecule has 0 heterocycles. The Labute approximate surface area is 99.3 Å². The van der Waals surface area contributed by atoms with Gasteiger partial charge in [-0.1, -0.05) is 36.4 Å². The molecule has 0 amide bonds. The third kappa shape index (κ3) is 2.84. The molecule has 0 spiro atoms.